The van der Waals surface area contributed by atoms with Gasteiger partial charge in [-0.3, -0.25) is 18.6 Å². The van der Waals surface area contributed by atoms with Crippen LogP contribution in [0, 0.1) is 0 Å². The predicted molar refractivity (Wildman–Crippen MR) is 277 cm³/mol. The van der Waals surface area contributed by atoms with Gasteiger partial charge in [0.25, 0.3) is 0 Å². The monoisotopic (exact) mass is 1000 g/mol. The summed E-state index contributed by atoms with van der Waals surface area (Å²) in [5.41, 5.74) is 0. The molecule has 1 fully saturated rings. The zero-order chi connectivity index (χ0) is 50.6. The molecular formula is C55H103O13P. The normalized spacial score (nSPS) is 21.0. The van der Waals surface area contributed by atoms with Gasteiger partial charge in [-0.25, -0.2) is 4.57 Å². The molecule has 0 saturated heterocycles. The lowest BCUT2D eigenvalue weighted by Crippen LogP contribution is -2.64. The van der Waals surface area contributed by atoms with Gasteiger partial charge >= 0.3 is 19.8 Å². The molecule has 0 heterocycles. The Morgan fingerprint density at radius 3 is 1.16 bits per heavy atom. The summed E-state index contributed by atoms with van der Waals surface area (Å²) >= 11 is 0. The largest absolute Gasteiger partial charge is 0.472 e. The maximum absolute atomic E-state index is 12.9. The number of unbranched alkanes of at least 4 members (excludes halogenated alkanes) is 32. The van der Waals surface area contributed by atoms with Gasteiger partial charge in [-0.15, -0.1) is 0 Å². The number of hydrogen-bond acceptors (Lipinski definition) is 12. The Morgan fingerprint density at radius 2 is 0.754 bits per heavy atom. The van der Waals surface area contributed by atoms with Gasteiger partial charge in [-0.1, -0.05) is 212 Å². The summed E-state index contributed by atoms with van der Waals surface area (Å²) in [6.45, 7) is 3.31. The van der Waals surface area contributed by atoms with Crippen LogP contribution in [0.5, 0.6) is 0 Å². The van der Waals surface area contributed by atoms with Gasteiger partial charge in [0, 0.05) is 12.8 Å². The van der Waals surface area contributed by atoms with E-state index < -0.39 is 75.7 Å². The highest BCUT2D eigenvalue weighted by Crippen LogP contribution is 2.47. The molecule has 1 aliphatic rings. The summed E-state index contributed by atoms with van der Waals surface area (Å²) in [4.78, 5) is 35.9. The maximum atomic E-state index is 12.9. The average molecular weight is 1000 g/mol. The molecule has 0 aliphatic heterocycles. The van der Waals surface area contributed by atoms with Gasteiger partial charge in [0.15, 0.2) is 6.10 Å². The van der Waals surface area contributed by atoms with E-state index in [1.807, 2.05) is 0 Å². The molecular weight excluding hydrogens is 900 g/mol. The van der Waals surface area contributed by atoms with E-state index in [0.29, 0.717) is 19.3 Å². The van der Waals surface area contributed by atoms with E-state index in [1.165, 1.54) is 167 Å². The van der Waals surface area contributed by atoms with Crippen molar-refractivity contribution in [2.45, 2.75) is 301 Å². The standard InChI is InChI=1S/C55H103O13P/c1-3-5-7-9-11-13-15-17-19-21-22-23-24-25-26-28-29-31-33-35-37-39-41-43-48(56)65-45-47(46-66-69(63,64)68-55-53(61)51(59)50(58)52(60)54(55)62)67-49(57)44-42-40-38-36-34-32-30-27-20-18-16-14-12-10-8-6-4-2/h14,16,35,37,47,50-55,58-62H,3-13,15,17-34,36,38-46H2,1-2H3,(H,63,64)/b16-14+,37-35+/t47-,50?,51-,52?,53?,54?,55?/m0/s1. The predicted octanol–water partition coefficient (Wildman–Crippen LogP) is 12.7. The molecule has 0 aromatic rings. The average Bonchev–Trinajstić information content (AvgIpc) is 3.33. The fourth-order valence-corrected chi connectivity index (χ4v) is 9.73. The summed E-state index contributed by atoms with van der Waals surface area (Å²) in [6.07, 6.45) is 39.5. The van der Waals surface area contributed by atoms with Crippen LogP contribution in [-0.4, -0.2) is 98.3 Å². The van der Waals surface area contributed by atoms with Crippen LogP contribution in [0.3, 0.4) is 0 Å². The molecule has 14 heteroatoms. The Bertz CT molecular complexity index is 1300. The van der Waals surface area contributed by atoms with E-state index in [0.717, 1.165) is 44.9 Å². The topological polar surface area (TPSA) is 210 Å². The molecule has 6 N–H and O–H groups in total. The van der Waals surface area contributed by atoms with Gasteiger partial charge < -0.3 is 39.9 Å². The molecule has 0 aromatic carbocycles. The zero-order valence-electron chi connectivity index (χ0n) is 43.6. The van der Waals surface area contributed by atoms with Crippen molar-refractivity contribution < 1.29 is 63.1 Å². The smallest absolute Gasteiger partial charge is 0.462 e. The van der Waals surface area contributed by atoms with Crippen molar-refractivity contribution >= 4 is 19.8 Å². The molecule has 1 rings (SSSR count). The zero-order valence-corrected chi connectivity index (χ0v) is 44.5. The first-order chi connectivity index (χ1) is 33.4. The lowest BCUT2D eigenvalue weighted by Gasteiger charge is -2.41. The third-order valence-corrected chi connectivity index (χ3v) is 14.3. The highest BCUT2D eigenvalue weighted by atomic mass is 31.2. The molecule has 0 aromatic heterocycles. The Kier molecular flexibility index (Phi) is 42.6. The van der Waals surface area contributed by atoms with Crippen LogP contribution in [0.4, 0.5) is 0 Å². The third kappa shape index (κ3) is 36.8. The van der Waals surface area contributed by atoms with Crippen molar-refractivity contribution in [2.24, 2.45) is 0 Å². The van der Waals surface area contributed by atoms with Crippen molar-refractivity contribution in [2.75, 3.05) is 13.2 Å². The van der Waals surface area contributed by atoms with Crippen molar-refractivity contribution in [3.8, 4) is 0 Å². The lowest BCUT2D eigenvalue weighted by atomic mass is 9.85. The minimum Gasteiger partial charge on any atom is -0.462 e. The maximum Gasteiger partial charge on any atom is 0.472 e. The molecule has 8 atom stereocenters. The number of phosphoric acid groups is 1. The fraction of sp³-hybridized carbons (Fsp3) is 0.891. The van der Waals surface area contributed by atoms with E-state index in [1.54, 1.807) is 0 Å². The number of esters is 2. The summed E-state index contributed by atoms with van der Waals surface area (Å²) < 4.78 is 33.7. The van der Waals surface area contributed by atoms with E-state index in [9.17, 15) is 44.6 Å². The molecule has 406 valence electrons. The van der Waals surface area contributed by atoms with Gasteiger partial charge in [-0.05, 0) is 57.8 Å². The summed E-state index contributed by atoms with van der Waals surface area (Å²) in [5, 5.41) is 50.3. The third-order valence-electron chi connectivity index (χ3n) is 13.3. The molecule has 1 aliphatic carbocycles. The molecule has 1 saturated carbocycles. The highest BCUT2D eigenvalue weighted by Gasteiger charge is 2.51. The molecule has 6 unspecified atom stereocenters. The van der Waals surface area contributed by atoms with E-state index in [2.05, 4.69) is 38.2 Å². The van der Waals surface area contributed by atoms with Crippen molar-refractivity contribution in [3.63, 3.8) is 0 Å². The number of ether oxygens (including phenoxy) is 2. The SMILES string of the molecule is CCCCCC/C=C/CCCCCCCCCCCC(=O)O[C@@H](COC(=O)CCC/C=C/CCCCCCCCCCCCCCCCCCCC)COP(=O)(O)OC1C(O)C(O)C(O)[C@H](O)C1O. The lowest BCUT2D eigenvalue weighted by molar-refractivity contribution is -0.220. The Morgan fingerprint density at radius 1 is 0.435 bits per heavy atom. The number of aliphatic hydroxyl groups is 5. The molecule has 0 radical (unpaired) electrons. The van der Waals surface area contributed by atoms with Crippen LogP contribution in [0.1, 0.15) is 258 Å². The Balaban J connectivity index is 2.34. The first-order valence-corrected chi connectivity index (χ1v) is 29.6. The quantitative estimate of drug-likeness (QED) is 0.0145. The van der Waals surface area contributed by atoms with Crippen LogP contribution in [0.15, 0.2) is 24.3 Å². The minimum atomic E-state index is -5.13. The number of allylic oxidation sites excluding steroid dienone is 4. The number of rotatable bonds is 48. The van der Waals surface area contributed by atoms with Gasteiger partial charge in [0.05, 0.1) is 6.61 Å². The summed E-state index contributed by atoms with van der Waals surface area (Å²) in [5.74, 6) is -1.13. The van der Waals surface area contributed by atoms with Gasteiger partial charge in [-0.2, -0.15) is 0 Å². The van der Waals surface area contributed by atoms with Crippen LogP contribution >= 0.6 is 7.82 Å². The van der Waals surface area contributed by atoms with Crippen molar-refractivity contribution in [3.05, 3.63) is 24.3 Å². The van der Waals surface area contributed by atoms with E-state index in [4.69, 9.17) is 18.5 Å². The Labute approximate surface area is 419 Å². The second-order valence-electron chi connectivity index (χ2n) is 19.8. The number of carbonyl (C=O) groups is 2. The van der Waals surface area contributed by atoms with Crippen LogP contribution in [0.2, 0.25) is 0 Å². The van der Waals surface area contributed by atoms with Crippen molar-refractivity contribution in [1.82, 2.24) is 0 Å². The summed E-state index contributed by atoms with van der Waals surface area (Å²) in [7, 11) is -5.13. The first kappa shape index (κ1) is 65.3. The first-order valence-electron chi connectivity index (χ1n) is 28.1. The summed E-state index contributed by atoms with van der Waals surface area (Å²) in [6, 6.07) is 0. The van der Waals surface area contributed by atoms with Crippen LogP contribution < -0.4 is 0 Å². The Hall–Kier alpha value is -1.67. The number of hydrogen-bond donors (Lipinski definition) is 6. The fourth-order valence-electron chi connectivity index (χ4n) is 8.76. The van der Waals surface area contributed by atoms with Crippen LogP contribution in [0.25, 0.3) is 0 Å². The van der Waals surface area contributed by atoms with E-state index >= 15 is 0 Å². The molecule has 0 spiro atoms. The van der Waals surface area contributed by atoms with E-state index in [-0.39, 0.29) is 12.8 Å². The minimum absolute atomic E-state index is 0.0915. The number of aliphatic hydroxyl groups excluding tert-OH is 5. The second kappa shape index (κ2) is 45.0. The molecule has 69 heavy (non-hydrogen) atoms. The van der Waals surface area contributed by atoms with Crippen molar-refractivity contribution in [1.29, 1.82) is 0 Å². The molecule has 13 nitrogen and oxygen atoms in total. The molecule has 0 bridgehead atoms. The van der Waals surface area contributed by atoms with Crippen LogP contribution in [-0.2, 0) is 32.7 Å². The van der Waals surface area contributed by atoms with Gasteiger partial charge in [0.2, 0.25) is 0 Å². The second-order valence-corrected chi connectivity index (χ2v) is 21.2. The van der Waals surface area contributed by atoms with Gasteiger partial charge in [0.1, 0.15) is 43.2 Å². The number of carbonyl (C=O) groups excluding carboxylic acids is 2. The number of phosphoric ester groups is 1. The molecule has 0 amide bonds. The highest BCUT2D eigenvalue weighted by molar-refractivity contribution is 7.47.